The molecule has 10 atom stereocenters. The van der Waals surface area contributed by atoms with Crippen LogP contribution in [-0.4, -0.2) is 51.5 Å². The minimum absolute atomic E-state index is 0.0240. The Balaban J connectivity index is 1.76. The molecule has 4 fully saturated rings. The molecule has 242 valence electrons. The summed E-state index contributed by atoms with van der Waals surface area (Å²) in [6, 6.07) is 0. The number of aliphatic carboxylic acids is 1. The molecule has 0 amide bonds. The van der Waals surface area contributed by atoms with Crippen molar-refractivity contribution >= 4 is 23.5 Å². The lowest BCUT2D eigenvalue weighted by Crippen LogP contribution is -2.65. The summed E-state index contributed by atoms with van der Waals surface area (Å²) in [5, 5.41) is 33.4. The van der Waals surface area contributed by atoms with Crippen LogP contribution in [0.3, 0.4) is 0 Å². The van der Waals surface area contributed by atoms with Crippen molar-refractivity contribution in [3.8, 4) is 0 Å². The van der Waals surface area contributed by atoms with Crippen molar-refractivity contribution in [1.82, 2.24) is 0 Å². The van der Waals surface area contributed by atoms with Gasteiger partial charge in [0.15, 0.2) is 0 Å². The summed E-state index contributed by atoms with van der Waals surface area (Å²) in [6.07, 6.45) is 9.86. The van der Waals surface area contributed by atoms with Gasteiger partial charge in [0.05, 0.1) is 12.2 Å². The van der Waals surface area contributed by atoms with Gasteiger partial charge in [0.1, 0.15) is 6.10 Å². The maximum Gasteiger partial charge on any atom is 0.331 e. The number of allylic oxidation sites excluding steroid dienone is 4. The number of carbonyl (C=O) groups is 2. The zero-order valence-electron chi connectivity index (χ0n) is 27.4. The van der Waals surface area contributed by atoms with Crippen molar-refractivity contribution in [2.45, 2.75) is 131 Å². The van der Waals surface area contributed by atoms with E-state index in [1.165, 1.54) is 6.92 Å². The average Bonchev–Trinajstić information content (AvgIpc) is 3.18. The van der Waals surface area contributed by atoms with Crippen LogP contribution in [0.5, 0.6) is 0 Å². The van der Waals surface area contributed by atoms with E-state index in [4.69, 9.17) is 16.3 Å². The van der Waals surface area contributed by atoms with Crippen molar-refractivity contribution in [3.05, 3.63) is 34.4 Å². The highest BCUT2D eigenvalue weighted by atomic mass is 35.5. The van der Waals surface area contributed by atoms with Crippen LogP contribution in [0.4, 0.5) is 0 Å². The van der Waals surface area contributed by atoms with E-state index in [0.29, 0.717) is 48.6 Å². The zero-order chi connectivity index (χ0) is 31.9. The molecule has 3 N–H and O–H groups in total. The van der Waals surface area contributed by atoms with E-state index in [-0.39, 0.29) is 40.1 Å². The Bertz CT molecular complexity index is 1170. The number of carboxylic acid groups (broad SMARTS) is 1. The van der Waals surface area contributed by atoms with Gasteiger partial charge in [-0.25, -0.2) is 4.79 Å². The van der Waals surface area contributed by atoms with Gasteiger partial charge in [0.25, 0.3) is 0 Å². The fraction of sp³-hybridized carbons (Fsp3) is 0.778. The number of rotatable bonds is 9. The largest absolute Gasteiger partial charge is 0.478 e. The van der Waals surface area contributed by atoms with Crippen molar-refractivity contribution in [3.63, 3.8) is 0 Å². The highest BCUT2D eigenvalue weighted by Crippen LogP contribution is 2.74. The van der Waals surface area contributed by atoms with Crippen LogP contribution in [0.15, 0.2) is 34.4 Å². The molecule has 7 heteroatoms. The quantitative estimate of drug-likeness (QED) is 0.0807. The number of hydrogen-bond donors (Lipinski definition) is 3. The molecule has 0 radical (unpaired) electrons. The second-order valence-electron chi connectivity index (χ2n) is 15.1. The van der Waals surface area contributed by atoms with Crippen LogP contribution in [0, 0.1) is 39.9 Å². The minimum Gasteiger partial charge on any atom is -0.478 e. The van der Waals surface area contributed by atoms with Crippen LogP contribution in [0.1, 0.15) is 113 Å². The number of alkyl halides is 1. The van der Waals surface area contributed by atoms with E-state index in [9.17, 15) is 24.9 Å². The van der Waals surface area contributed by atoms with Crippen molar-refractivity contribution in [2.24, 2.45) is 39.9 Å². The van der Waals surface area contributed by atoms with Gasteiger partial charge in [-0.05, 0) is 129 Å². The first-order chi connectivity index (χ1) is 20.1. The molecular weight excluding hydrogens is 564 g/mol. The van der Waals surface area contributed by atoms with Gasteiger partial charge in [-0.2, -0.15) is 0 Å². The molecule has 0 heterocycles. The molecule has 0 aromatic carbocycles. The number of fused-ring (bicyclic) bond motifs is 5. The Morgan fingerprint density at radius 3 is 2.33 bits per heavy atom. The fourth-order valence-corrected chi connectivity index (χ4v) is 10.6. The highest BCUT2D eigenvalue weighted by Gasteiger charge is 2.70. The van der Waals surface area contributed by atoms with E-state index >= 15 is 0 Å². The highest BCUT2D eigenvalue weighted by molar-refractivity contribution is 6.17. The van der Waals surface area contributed by atoms with Gasteiger partial charge in [0, 0.05) is 18.4 Å². The summed E-state index contributed by atoms with van der Waals surface area (Å²) in [6.45, 7) is 14.6. The van der Waals surface area contributed by atoms with Gasteiger partial charge in [-0.1, -0.05) is 45.4 Å². The maximum absolute atomic E-state index is 13.0. The zero-order valence-corrected chi connectivity index (χ0v) is 28.2. The molecule has 43 heavy (non-hydrogen) atoms. The molecule has 0 bridgehead atoms. The summed E-state index contributed by atoms with van der Waals surface area (Å²) in [7, 11) is 0. The van der Waals surface area contributed by atoms with E-state index in [1.54, 1.807) is 0 Å². The maximum atomic E-state index is 13.0. The van der Waals surface area contributed by atoms with Crippen molar-refractivity contribution in [2.75, 3.05) is 5.88 Å². The summed E-state index contributed by atoms with van der Waals surface area (Å²) >= 11 is 5.84. The SMILES string of the molecule is CC(=O)O[C@H]1C[C@@]2(C)C(C[C@@H](O)[C@H]3[C@@]4(C)CC[C@@H](O)[C@@H](C)C4CC[C@@]32C)/C1=C(\CCC(/C=C/CCCCl)=C(C)C)C(=O)O. The molecule has 0 aromatic rings. The van der Waals surface area contributed by atoms with Crippen LogP contribution < -0.4 is 0 Å². The van der Waals surface area contributed by atoms with Crippen molar-refractivity contribution in [1.29, 1.82) is 0 Å². The average molecular weight is 619 g/mol. The molecule has 4 rings (SSSR count). The number of carbonyl (C=O) groups excluding carboxylic acids is 1. The molecule has 4 aliphatic carbocycles. The van der Waals surface area contributed by atoms with Crippen LogP contribution >= 0.6 is 11.6 Å². The third-order valence-electron chi connectivity index (χ3n) is 12.7. The van der Waals surface area contributed by atoms with Gasteiger partial charge in [-0.15, -0.1) is 11.6 Å². The third kappa shape index (κ3) is 6.02. The molecule has 0 saturated heterocycles. The summed E-state index contributed by atoms with van der Waals surface area (Å²) in [5.74, 6) is -0.428. The topological polar surface area (TPSA) is 104 Å². The Labute approximate surface area is 264 Å². The summed E-state index contributed by atoms with van der Waals surface area (Å²) < 4.78 is 5.97. The molecule has 4 aliphatic rings. The van der Waals surface area contributed by atoms with Gasteiger partial charge in [0.2, 0.25) is 0 Å². The molecular formula is C36H55ClO6. The molecule has 0 aliphatic heterocycles. The predicted molar refractivity (Wildman–Crippen MR) is 171 cm³/mol. The predicted octanol–water partition coefficient (Wildman–Crippen LogP) is 7.61. The van der Waals surface area contributed by atoms with E-state index < -0.39 is 24.1 Å². The monoisotopic (exact) mass is 618 g/mol. The minimum atomic E-state index is -0.969. The number of ether oxygens (including phenoxy) is 1. The Morgan fingerprint density at radius 2 is 1.72 bits per heavy atom. The Hall–Kier alpha value is -1.63. The number of unbranched alkanes of at least 4 members (excludes halogenated alkanes) is 1. The van der Waals surface area contributed by atoms with E-state index in [0.717, 1.165) is 49.7 Å². The summed E-state index contributed by atoms with van der Waals surface area (Å²) in [5.41, 5.74) is 2.55. The normalized spacial score (nSPS) is 41.7. The van der Waals surface area contributed by atoms with E-state index in [2.05, 4.69) is 39.8 Å². The lowest BCUT2D eigenvalue weighted by atomic mass is 9.36. The second-order valence-corrected chi connectivity index (χ2v) is 15.5. The van der Waals surface area contributed by atoms with Gasteiger partial charge >= 0.3 is 11.9 Å². The lowest BCUT2D eigenvalue weighted by molar-refractivity contribution is -0.234. The first-order valence-corrected chi connectivity index (χ1v) is 17.0. The standard InChI is InChI=1S/C36H55ClO6/c1-21(2)24(11-9-8-10-18-37)12-13-25(33(41)42)31-27-19-29(40)32-34(5)16-15-28(39)22(3)26(34)14-17-35(32,6)36(27,7)20-30(31)43-23(4)38/h9,11,22,26-30,32,39-40H,8,10,12-20H2,1-7H3,(H,41,42)/b11-9+,31-25-/t22-,26?,27?,28+,29+,30-,32-,34-,35-,36-/m0/s1. The molecule has 4 saturated carbocycles. The van der Waals surface area contributed by atoms with Crippen LogP contribution in [0.25, 0.3) is 0 Å². The van der Waals surface area contributed by atoms with Crippen LogP contribution in [-0.2, 0) is 14.3 Å². The van der Waals surface area contributed by atoms with E-state index in [1.807, 2.05) is 13.8 Å². The Kier molecular flexibility index (Phi) is 10.4. The number of hydrogen-bond acceptors (Lipinski definition) is 5. The molecule has 6 nitrogen and oxygen atoms in total. The van der Waals surface area contributed by atoms with Crippen LogP contribution in [0.2, 0.25) is 0 Å². The van der Waals surface area contributed by atoms with Gasteiger partial charge in [-0.3, -0.25) is 4.79 Å². The smallest absolute Gasteiger partial charge is 0.331 e. The molecule has 2 unspecified atom stereocenters. The third-order valence-corrected chi connectivity index (χ3v) is 13.0. The lowest BCUT2D eigenvalue weighted by Gasteiger charge is -2.69. The second kappa shape index (κ2) is 13.0. The number of carboxylic acids is 1. The number of halogens is 1. The van der Waals surface area contributed by atoms with Crippen molar-refractivity contribution < 1.29 is 29.6 Å². The molecule has 0 spiro atoms. The number of esters is 1. The summed E-state index contributed by atoms with van der Waals surface area (Å²) in [4.78, 5) is 25.4. The molecule has 0 aromatic heterocycles. The first-order valence-electron chi connectivity index (χ1n) is 16.5. The Morgan fingerprint density at radius 1 is 1.02 bits per heavy atom. The van der Waals surface area contributed by atoms with Gasteiger partial charge < -0.3 is 20.1 Å². The fourth-order valence-electron chi connectivity index (χ4n) is 10.5. The first kappa shape index (κ1) is 34.2. The number of aliphatic hydroxyl groups excluding tert-OH is 2. The number of aliphatic hydroxyl groups is 2.